The number of carbonyl (C=O) groups is 1. The molecule has 0 saturated carbocycles. The zero-order chi connectivity index (χ0) is 12.4. The molecule has 1 fully saturated rings. The second-order valence-corrected chi connectivity index (χ2v) is 4.99. The summed E-state index contributed by atoms with van der Waals surface area (Å²) in [7, 11) is 0. The van der Waals surface area contributed by atoms with Crippen molar-refractivity contribution in [2.24, 2.45) is 5.92 Å². The van der Waals surface area contributed by atoms with Gasteiger partial charge in [0.05, 0.1) is 6.61 Å². The van der Waals surface area contributed by atoms with E-state index in [9.17, 15) is 4.79 Å². The lowest BCUT2D eigenvalue weighted by atomic mass is 10.0. The Morgan fingerprint density at radius 2 is 2.44 bits per heavy atom. The second kappa shape index (κ2) is 4.98. The van der Waals surface area contributed by atoms with Crippen LogP contribution in [0.1, 0.15) is 18.4 Å². The summed E-state index contributed by atoms with van der Waals surface area (Å²) in [5.74, 6) is 1.51. The van der Waals surface area contributed by atoms with Crippen LogP contribution in [0.15, 0.2) is 18.2 Å². The minimum atomic E-state index is 0.115. The molecule has 3 rings (SSSR count). The quantitative estimate of drug-likeness (QED) is 0.851. The molecule has 2 heterocycles. The fourth-order valence-corrected chi connectivity index (χ4v) is 2.69. The predicted octanol–water partition coefficient (Wildman–Crippen LogP) is 1.56. The molecule has 0 aromatic heterocycles. The van der Waals surface area contributed by atoms with Gasteiger partial charge in [0.2, 0.25) is 5.91 Å². The average Bonchev–Trinajstić information content (AvgIpc) is 2.99. The normalized spacial score (nSPS) is 21.4. The van der Waals surface area contributed by atoms with E-state index in [0.717, 1.165) is 49.5 Å². The largest absolute Gasteiger partial charge is 0.493 e. The Morgan fingerprint density at radius 3 is 3.28 bits per heavy atom. The molecule has 4 nitrogen and oxygen atoms in total. The van der Waals surface area contributed by atoms with Crippen molar-refractivity contribution < 1.29 is 9.53 Å². The van der Waals surface area contributed by atoms with Crippen LogP contribution in [-0.2, 0) is 11.2 Å². The Morgan fingerprint density at radius 1 is 1.50 bits per heavy atom. The van der Waals surface area contributed by atoms with Crippen molar-refractivity contribution in [3.63, 3.8) is 0 Å². The monoisotopic (exact) mass is 246 g/mol. The van der Waals surface area contributed by atoms with E-state index in [1.165, 1.54) is 0 Å². The molecule has 2 aliphatic heterocycles. The average molecular weight is 246 g/mol. The topological polar surface area (TPSA) is 50.4 Å². The van der Waals surface area contributed by atoms with Crippen LogP contribution >= 0.6 is 0 Å². The van der Waals surface area contributed by atoms with E-state index in [1.807, 2.05) is 18.2 Å². The molecule has 4 heteroatoms. The van der Waals surface area contributed by atoms with Gasteiger partial charge in [0.25, 0.3) is 0 Å². The van der Waals surface area contributed by atoms with E-state index in [0.29, 0.717) is 12.3 Å². The summed E-state index contributed by atoms with van der Waals surface area (Å²) in [5.41, 5.74) is 2.05. The fourth-order valence-electron chi connectivity index (χ4n) is 2.69. The Balaban J connectivity index is 1.65. The molecule has 2 N–H and O–H groups in total. The van der Waals surface area contributed by atoms with Crippen molar-refractivity contribution in [2.75, 3.05) is 25.0 Å². The molecule has 18 heavy (non-hydrogen) atoms. The lowest BCUT2D eigenvalue weighted by Gasteiger charge is -2.11. The van der Waals surface area contributed by atoms with Gasteiger partial charge in [-0.3, -0.25) is 4.79 Å². The molecule has 96 valence electrons. The van der Waals surface area contributed by atoms with Crippen molar-refractivity contribution in [1.29, 1.82) is 0 Å². The molecule has 1 amide bonds. The Bertz CT molecular complexity index is 453. The zero-order valence-corrected chi connectivity index (χ0v) is 10.4. The number of rotatable bonds is 3. The Kier molecular flexibility index (Phi) is 3.19. The number of anilines is 1. The molecule has 1 saturated heterocycles. The lowest BCUT2D eigenvalue weighted by Crippen LogP contribution is -2.18. The molecule has 2 aliphatic rings. The fraction of sp³-hybridized carbons (Fsp3) is 0.500. The molecule has 1 atom stereocenters. The van der Waals surface area contributed by atoms with E-state index in [-0.39, 0.29) is 5.91 Å². The van der Waals surface area contributed by atoms with Crippen molar-refractivity contribution in [3.8, 4) is 5.75 Å². The molecule has 0 radical (unpaired) electrons. The van der Waals surface area contributed by atoms with Gasteiger partial charge in [-0.25, -0.2) is 0 Å². The molecule has 0 aliphatic carbocycles. The number of nitrogens with one attached hydrogen (secondary N) is 2. The number of carbonyl (C=O) groups excluding carboxylic acids is 1. The van der Waals surface area contributed by atoms with Crippen molar-refractivity contribution >= 4 is 11.6 Å². The van der Waals surface area contributed by atoms with Crippen LogP contribution < -0.4 is 15.4 Å². The highest BCUT2D eigenvalue weighted by molar-refractivity contribution is 5.92. The van der Waals surface area contributed by atoms with Gasteiger partial charge in [-0.15, -0.1) is 0 Å². The van der Waals surface area contributed by atoms with Gasteiger partial charge in [-0.1, -0.05) is 6.07 Å². The minimum absolute atomic E-state index is 0.115. The first-order valence-corrected chi connectivity index (χ1v) is 6.58. The zero-order valence-electron chi connectivity index (χ0n) is 10.4. The number of hydrogen-bond donors (Lipinski definition) is 2. The molecular weight excluding hydrogens is 228 g/mol. The van der Waals surface area contributed by atoms with E-state index in [4.69, 9.17) is 4.74 Å². The summed E-state index contributed by atoms with van der Waals surface area (Å²) in [5, 5.41) is 6.31. The molecule has 1 unspecified atom stereocenters. The van der Waals surface area contributed by atoms with Crippen LogP contribution in [0.4, 0.5) is 5.69 Å². The van der Waals surface area contributed by atoms with Gasteiger partial charge in [-0.2, -0.15) is 0 Å². The van der Waals surface area contributed by atoms with Crippen LogP contribution in [0.3, 0.4) is 0 Å². The smallest absolute Gasteiger partial charge is 0.224 e. The van der Waals surface area contributed by atoms with Gasteiger partial charge < -0.3 is 15.4 Å². The van der Waals surface area contributed by atoms with Gasteiger partial charge in [0, 0.05) is 24.1 Å². The number of hydrogen-bond acceptors (Lipinski definition) is 3. The van der Waals surface area contributed by atoms with E-state index >= 15 is 0 Å². The summed E-state index contributed by atoms with van der Waals surface area (Å²) < 4.78 is 5.49. The van der Waals surface area contributed by atoms with E-state index < -0.39 is 0 Å². The first kappa shape index (κ1) is 11.5. The van der Waals surface area contributed by atoms with E-state index in [2.05, 4.69) is 10.6 Å². The summed E-state index contributed by atoms with van der Waals surface area (Å²) in [4.78, 5) is 12.0. The van der Waals surface area contributed by atoms with Gasteiger partial charge in [-0.05, 0) is 37.6 Å². The number of benzene rings is 1. The minimum Gasteiger partial charge on any atom is -0.493 e. The SMILES string of the molecule is O=C(CC1CCNC1)Nc1cccc2c1CCO2. The predicted molar refractivity (Wildman–Crippen MR) is 69.9 cm³/mol. The summed E-state index contributed by atoms with van der Waals surface area (Å²) in [6, 6.07) is 5.84. The number of amides is 1. The first-order valence-electron chi connectivity index (χ1n) is 6.58. The molecular formula is C14H18N2O2. The molecule has 0 bridgehead atoms. The van der Waals surface area contributed by atoms with Crippen LogP contribution in [0, 0.1) is 5.92 Å². The van der Waals surface area contributed by atoms with E-state index in [1.54, 1.807) is 0 Å². The van der Waals surface area contributed by atoms with Crippen molar-refractivity contribution in [2.45, 2.75) is 19.3 Å². The summed E-state index contributed by atoms with van der Waals surface area (Å²) in [6.45, 7) is 2.71. The maximum absolute atomic E-state index is 12.0. The van der Waals surface area contributed by atoms with Gasteiger partial charge in [0.15, 0.2) is 0 Å². The van der Waals surface area contributed by atoms with Crippen LogP contribution in [0.5, 0.6) is 5.75 Å². The third-order valence-corrected chi connectivity index (χ3v) is 3.65. The van der Waals surface area contributed by atoms with Crippen molar-refractivity contribution in [1.82, 2.24) is 5.32 Å². The van der Waals surface area contributed by atoms with Crippen LogP contribution in [-0.4, -0.2) is 25.6 Å². The highest BCUT2D eigenvalue weighted by Crippen LogP contribution is 2.31. The maximum atomic E-state index is 12.0. The molecule has 1 aromatic rings. The Hall–Kier alpha value is -1.55. The lowest BCUT2D eigenvalue weighted by molar-refractivity contribution is -0.116. The maximum Gasteiger partial charge on any atom is 0.224 e. The highest BCUT2D eigenvalue weighted by Gasteiger charge is 2.20. The van der Waals surface area contributed by atoms with Crippen LogP contribution in [0.2, 0.25) is 0 Å². The third-order valence-electron chi connectivity index (χ3n) is 3.65. The van der Waals surface area contributed by atoms with Gasteiger partial charge in [0.1, 0.15) is 5.75 Å². The molecule has 1 aromatic carbocycles. The van der Waals surface area contributed by atoms with Gasteiger partial charge >= 0.3 is 0 Å². The molecule has 0 spiro atoms. The Labute approximate surface area is 107 Å². The van der Waals surface area contributed by atoms with Crippen LogP contribution in [0.25, 0.3) is 0 Å². The second-order valence-electron chi connectivity index (χ2n) is 4.99. The summed E-state index contributed by atoms with van der Waals surface area (Å²) in [6.07, 6.45) is 2.59. The summed E-state index contributed by atoms with van der Waals surface area (Å²) >= 11 is 0. The highest BCUT2D eigenvalue weighted by atomic mass is 16.5. The first-order chi connectivity index (χ1) is 8.83. The number of ether oxygens (including phenoxy) is 1. The third kappa shape index (κ3) is 2.34. The van der Waals surface area contributed by atoms with Crippen molar-refractivity contribution in [3.05, 3.63) is 23.8 Å². The number of fused-ring (bicyclic) bond motifs is 1. The standard InChI is InChI=1S/C14H18N2O2/c17-14(8-10-4-6-15-9-10)16-12-2-1-3-13-11(12)5-7-18-13/h1-3,10,15H,4-9H2,(H,16,17).